The quantitative estimate of drug-likeness (QED) is 0.422. The summed E-state index contributed by atoms with van der Waals surface area (Å²) in [6, 6.07) is 16.1. The van der Waals surface area contributed by atoms with Gasteiger partial charge in [-0.1, -0.05) is 50.1 Å². The van der Waals surface area contributed by atoms with E-state index in [1.54, 1.807) is 0 Å². The van der Waals surface area contributed by atoms with Crippen molar-refractivity contribution in [3.8, 4) is 0 Å². The van der Waals surface area contributed by atoms with Gasteiger partial charge in [-0.05, 0) is 30.2 Å². The number of para-hydroxylation sites is 1. The van der Waals surface area contributed by atoms with Crippen molar-refractivity contribution >= 4 is 29.5 Å². The number of aromatic nitrogens is 1. The number of pyridine rings is 1. The van der Waals surface area contributed by atoms with Crippen LogP contribution in [0.3, 0.4) is 0 Å². The summed E-state index contributed by atoms with van der Waals surface area (Å²) in [6.07, 6.45) is 2.66. The van der Waals surface area contributed by atoms with Crippen molar-refractivity contribution in [2.24, 2.45) is 5.73 Å². The Balaban J connectivity index is 0.000000701. The molecule has 131 valence electrons. The molecule has 0 saturated carbocycles. The first-order valence-corrected chi connectivity index (χ1v) is 8.41. The molecule has 0 aliphatic heterocycles. The molecule has 1 heterocycles. The highest BCUT2D eigenvalue weighted by Gasteiger charge is 2.28. The third-order valence-electron chi connectivity index (χ3n) is 4.34. The van der Waals surface area contributed by atoms with Crippen LogP contribution in [0.15, 0.2) is 48.5 Å². The Bertz CT molecular complexity index is 828. The molecular weight excluding hydrogens is 315 g/mol. The van der Waals surface area contributed by atoms with E-state index in [9.17, 15) is 5.11 Å². The van der Waals surface area contributed by atoms with Crippen molar-refractivity contribution in [1.82, 2.24) is 4.98 Å². The fourth-order valence-corrected chi connectivity index (χ4v) is 3.02. The molecule has 6 heteroatoms. The number of unbranched alkanes of at least 4 members (excludes halogenated alkanes) is 1. The number of rotatable bonds is 5. The highest BCUT2D eigenvalue weighted by Crippen LogP contribution is 2.33. The highest BCUT2D eigenvalue weighted by molar-refractivity contribution is 6.13. The van der Waals surface area contributed by atoms with E-state index in [2.05, 4.69) is 13.0 Å². The Hall–Kier alpha value is -1.99. The van der Waals surface area contributed by atoms with Gasteiger partial charge in [0.25, 0.3) is 0 Å². The van der Waals surface area contributed by atoms with Gasteiger partial charge in [0.1, 0.15) is 5.60 Å². The van der Waals surface area contributed by atoms with Gasteiger partial charge in [0, 0.05) is 17.3 Å². The molecule has 1 aromatic heterocycles. The summed E-state index contributed by atoms with van der Waals surface area (Å²) in [5.74, 6) is 0. The lowest BCUT2D eigenvalue weighted by Crippen LogP contribution is -2.35. The molecule has 2 aromatic carbocycles. The molecule has 0 spiro atoms. The van der Waals surface area contributed by atoms with Crippen LogP contribution in [0.1, 0.15) is 31.7 Å². The summed E-state index contributed by atoms with van der Waals surface area (Å²) in [5, 5.41) is 27.1. The summed E-state index contributed by atoms with van der Waals surface area (Å²) < 4.78 is 0. The molecule has 0 fully saturated rings. The van der Waals surface area contributed by atoms with Gasteiger partial charge in [0.15, 0.2) is 0 Å². The van der Waals surface area contributed by atoms with Crippen molar-refractivity contribution in [2.45, 2.75) is 31.8 Å². The zero-order chi connectivity index (χ0) is 18.3. The molecule has 1 atom stereocenters. The van der Waals surface area contributed by atoms with Crippen LogP contribution in [0.2, 0.25) is 0 Å². The minimum absolute atomic E-state index is 0. The van der Waals surface area contributed by atoms with Gasteiger partial charge < -0.3 is 20.9 Å². The fourth-order valence-electron chi connectivity index (χ4n) is 3.02. The van der Waals surface area contributed by atoms with Gasteiger partial charge in [-0.15, -0.1) is 0 Å². The average molecular weight is 339 g/mol. The van der Waals surface area contributed by atoms with E-state index in [0.29, 0.717) is 6.42 Å². The maximum atomic E-state index is 11.0. The molecule has 5 nitrogen and oxygen atoms in total. The lowest BCUT2D eigenvalue weighted by molar-refractivity contribution is 0.0359. The predicted molar refractivity (Wildman–Crippen MR) is 102 cm³/mol. The molecule has 0 amide bonds. The summed E-state index contributed by atoms with van der Waals surface area (Å²) in [4.78, 5) is 4.71. The zero-order valence-corrected chi connectivity index (χ0v) is 14.4. The SMILES string of the molecule is CCCCC(O)(CN)c1cccc2nc3ccccc3cc12.O[B]O. The first-order chi connectivity index (χ1) is 12.1. The van der Waals surface area contributed by atoms with E-state index >= 15 is 0 Å². The Morgan fingerprint density at radius 1 is 1.08 bits per heavy atom. The summed E-state index contributed by atoms with van der Waals surface area (Å²) in [6.45, 7) is 2.34. The third-order valence-corrected chi connectivity index (χ3v) is 4.34. The molecule has 25 heavy (non-hydrogen) atoms. The second-order valence-corrected chi connectivity index (χ2v) is 6.01. The Morgan fingerprint density at radius 2 is 1.76 bits per heavy atom. The number of nitrogens with zero attached hydrogens (tertiary/aromatic N) is 1. The third kappa shape index (κ3) is 4.35. The lowest BCUT2D eigenvalue weighted by atomic mass is 9.86. The Morgan fingerprint density at radius 3 is 2.44 bits per heavy atom. The number of hydrogen-bond acceptors (Lipinski definition) is 5. The first-order valence-electron chi connectivity index (χ1n) is 8.41. The van der Waals surface area contributed by atoms with Crippen LogP contribution in [0, 0.1) is 0 Å². The van der Waals surface area contributed by atoms with Crippen molar-refractivity contribution in [1.29, 1.82) is 0 Å². The van der Waals surface area contributed by atoms with E-state index < -0.39 is 5.60 Å². The molecule has 1 radical (unpaired) electrons. The second kappa shape index (κ2) is 8.92. The minimum atomic E-state index is -0.986. The monoisotopic (exact) mass is 339 g/mol. The summed E-state index contributed by atoms with van der Waals surface area (Å²) in [5.41, 5.74) is 7.69. The van der Waals surface area contributed by atoms with Crippen LogP contribution in [0.5, 0.6) is 0 Å². The molecule has 3 aromatic rings. The zero-order valence-electron chi connectivity index (χ0n) is 14.4. The Labute approximate surface area is 148 Å². The van der Waals surface area contributed by atoms with Crippen LogP contribution < -0.4 is 5.73 Å². The normalized spacial score (nSPS) is 13.2. The van der Waals surface area contributed by atoms with E-state index in [1.807, 2.05) is 42.5 Å². The molecular formula is C19H24BN2O3. The first kappa shape index (κ1) is 19.3. The Kier molecular flexibility index (Phi) is 6.90. The molecule has 1 unspecified atom stereocenters. The van der Waals surface area contributed by atoms with Crippen molar-refractivity contribution in [3.05, 3.63) is 54.1 Å². The van der Waals surface area contributed by atoms with Gasteiger partial charge in [-0.25, -0.2) is 4.98 Å². The molecule has 0 aliphatic carbocycles. The maximum absolute atomic E-state index is 11.0. The number of aliphatic hydroxyl groups is 1. The standard InChI is InChI=1S/C19H22N2O.BH2O2/c1-2-3-11-19(22,13-20)16-8-6-10-18-15(16)12-14-7-4-5-9-17(14)21-18;2-1-3/h4-10,12,22H,2-3,11,13,20H2,1H3;2-3H. The maximum Gasteiger partial charge on any atom is 0.482 e. The molecule has 5 N–H and O–H groups in total. The molecule has 0 saturated heterocycles. The molecule has 0 aliphatic rings. The number of benzene rings is 2. The molecule has 3 rings (SSSR count). The number of hydrogen-bond donors (Lipinski definition) is 4. The largest absolute Gasteiger partial charge is 0.482 e. The van der Waals surface area contributed by atoms with Crippen LogP contribution >= 0.6 is 0 Å². The van der Waals surface area contributed by atoms with Crippen LogP contribution in [0.4, 0.5) is 0 Å². The van der Waals surface area contributed by atoms with Gasteiger partial charge in [-0.2, -0.15) is 0 Å². The van der Waals surface area contributed by atoms with Gasteiger partial charge >= 0.3 is 7.69 Å². The van der Waals surface area contributed by atoms with Crippen LogP contribution in [0.25, 0.3) is 21.8 Å². The van der Waals surface area contributed by atoms with E-state index in [-0.39, 0.29) is 14.2 Å². The minimum Gasteiger partial charge on any atom is -0.429 e. The van der Waals surface area contributed by atoms with Crippen molar-refractivity contribution in [3.63, 3.8) is 0 Å². The summed E-state index contributed by atoms with van der Waals surface area (Å²) in [7, 11) is 0. The van der Waals surface area contributed by atoms with E-state index in [4.69, 9.17) is 20.8 Å². The highest BCUT2D eigenvalue weighted by atomic mass is 16.4. The number of nitrogens with two attached hydrogens (primary N) is 1. The van der Waals surface area contributed by atoms with Gasteiger partial charge in [0.2, 0.25) is 0 Å². The van der Waals surface area contributed by atoms with Gasteiger partial charge in [-0.3, -0.25) is 0 Å². The topological polar surface area (TPSA) is 99.6 Å². The van der Waals surface area contributed by atoms with Crippen LogP contribution in [-0.4, -0.2) is 34.4 Å². The number of fused-ring (bicyclic) bond motifs is 2. The van der Waals surface area contributed by atoms with Gasteiger partial charge in [0.05, 0.1) is 11.0 Å². The smallest absolute Gasteiger partial charge is 0.429 e. The van der Waals surface area contributed by atoms with Crippen molar-refractivity contribution < 1.29 is 15.2 Å². The summed E-state index contributed by atoms with van der Waals surface area (Å²) >= 11 is 0. The fraction of sp³-hybridized carbons (Fsp3) is 0.316. The second-order valence-electron chi connectivity index (χ2n) is 6.01. The predicted octanol–water partition coefficient (Wildman–Crippen LogP) is 2.23. The molecule has 0 bridgehead atoms. The van der Waals surface area contributed by atoms with Crippen molar-refractivity contribution in [2.75, 3.05) is 6.54 Å². The lowest BCUT2D eigenvalue weighted by Gasteiger charge is -2.28. The average Bonchev–Trinajstić information content (AvgIpc) is 2.64. The van der Waals surface area contributed by atoms with E-state index in [0.717, 1.165) is 40.2 Å². The van der Waals surface area contributed by atoms with E-state index in [1.165, 1.54) is 0 Å². The van der Waals surface area contributed by atoms with Crippen LogP contribution in [-0.2, 0) is 5.60 Å².